The molecule has 1 aromatic heterocycles. The summed E-state index contributed by atoms with van der Waals surface area (Å²) in [6.07, 6.45) is 3.32. The van der Waals surface area contributed by atoms with Crippen LogP contribution in [0.4, 0.5) is 0 Å². The van der Waals surface area contributed by atoms with Crippen LogP contribution in [-0.2, 0) is 24.1 Å². The van der Waals surface area contributed by atoms with Crippen molar-refractivity contribution in [1.29, 1.82) is 0 Å². The van der Waals surface area contributed by atoms with Crippen LogP contribution in [-0.4, -0.2) is 20.2 Å². The van der Waals surface area contributed by atoms with Gasteiger partial charge in [-0.2, -0.15) is 0 Å². The summed E-state index contributed by atoms with van der Waals surface area (Å²) in [5, 5.41) is 0.919. The minimum absolute atomic E-state index is 0.210. The van der Waals surface area contributed by atoms with Gasteiger partial charge in [0.25, 0.3) is 0 Å². The van der Waals surface area contributed by atoms with Gasteiger partial charge in [-0.3, -0.25) is 4.79 Å². The van der Waals surface area contributed by atoms with E-state index in [2.05, 4.69) is 0 Å². The number of carbonyl (C=O) groups excluding carboxylic acids is 1. The number of methoxy groups -OCH3 is 2. The number of benzene rings is 2. The predicted octanol–water partition coefficient (Wildman–Crippen LogP) is 3.84. The van der Waals surface area contributed by atoms with Gasteiger partial charge in [-0.05, 0) is 61.1 Å². The molecule has 1 aliphatic rings. The predicted molar refractivity (Wildman–Crippen MR) is 108 cm³/mol. The van der Waals surface area contributed by atoms with E-state index in [1.807, 2.05) is 24.3 Å². The van der Waals surface area contributed by atoms with Crippen LogP contribution in [0.15, 0.2) is 45.6 Å². The summed E-state index contributed by atoms with van der Waals surface area (Å²) in [5.74, 6) is 1.27. The zero-order valence-corrected chi connectivity index (χ0v) is 16.4. The highest BCUT2D eigenvalue weighted by molar-refractivity contribution is 5.84. The molecule has 0 spiro atoms. The number of hydrogen-bond donors (Lipinski definition) is 0. The van der Waals surface area contributed by atoms with Crippen molar-refractivity contribution in [2.24, 2.45) is 0 Å². The van der Waals surface area contributed by atoms with E-state index in [4.69, 9.17) is 18.6 Å². The molecular formula is C23H22O6. The molecule has 0 aliphatic heterocycles. The van der Waals surface area contributed by atoms with Gasteiger partial charge in [0.05, 0.1) is 14.2 Å². The minimum Gasteiger partial charge on any atom is -0.493 e. The molecule has 1 heterocycles. The molecule has 0 bridgehead atoms. The van der Waals surface area contributed by atoms with Crippen molar-refractivity contribution in [1.82, 2.24) is 0 Å². The second-order valence-corrected chi connectivity index (χ2v) is 7.02. The Hall–Kier alpha value is -3.28. The zero-order chi connectivity index (χ0) is 20.4. The van der Waals surface area contributed by atoms with E-state index >= 15 is 0 Å². The van der Waals surface area contributed by atoms with E-state index in [0.717, 1.165) is 41.3 Å². The molecule has 0 fully saturated rings. The van der Waals surface area contributed by atoms with E-state index in [9.17, 15) is 9.59 Å². The van der Waals surface area contributed by atoms with Crippen LogP contribution >= 0.6 is 0 Å². The first-order valence-corrected chi connectivity index (χ1v) is 9.59. The summed E-state index contributed by atoms with van der Waals surface area (Å²) in [7, 11) is 3.15. The summed E-state index contributed by atoms with van der Waals surface area (Å²) >= 11 is 0. The zero-order valence-electron chi connectivity index (χ0n) is 16.4. The highest BCUT2D eigenvalue weighted by atomic mass is 16.5. The molecule has 0 N–H and O–H groups in total. The van der Waals surface area contributed by atoms with Crippen molar-refractivity contribution in [3.8, 4) is 17.2 Å². The summed E-state index contributed by atoms with van der Waals surface area (Å²) in [5.41, 5.74) is 2.95. The number of hydrogen-bond acceptors (Lipinski definition) is 6. The van der Waals surface area contributed by atoms with Crippen LogP contribution in [0.2, 0.25) is 0 Å². The van der Waals surface area contributed by atoms with Crippen molar-refractivity contribution in [2.45, 2.75) is 32.1 Å². The maximum atomic E-state index is 12.3. The number of esters is 1. The van der Waals surface area contributed by atoms with Crippen molar-refractivity contribution in [2.75, 3.05) is 14.2 Å². The van der Waals surface area contributed by atoms with Gasteiger partial charge in [-0.25, -0.2) is 4.79 Å². The molecule has 3 aromatic rings. The average Bonchev–Trinajstić information content (AvgIpc) is 3.22. The van der Waals surface area contributed by atoms with Crippen LogP contribution in [0, 0.1) is 0 Å². The molecule has 0 saturated carbocycles. The lowest BCUT2D eigenvalue weighted by Gasteiger charge is -2.10. The Balaban J connectivity index is 1.45. The number of ether oxygens (including phenoxy) is 3. The number of fused-ring (bicyclic) bond motifs is 3. The minimum atomic E-state index is -0.359. The van der Waals surface area contributed by atoms with Crippen LogP contribution in [0.5, 0.6) is 17.2 Å². The first kappa shape index (κ1) is 19.1. The molecule has 0 unspecified atom stereocenters. The van der Waals surface area contributed by atoms with Crippen LogP contribution < -0.4 is 19.8 Å². The Morgan fingerprint density at radius 1 is 1.00 bits per heavy atom. The van der Waals surface area contributed by atoms with Gasteiger partial charge < -0.3 is 18.6 Å². The quantitative estimate of drug-likeness (QED) is 0.359. The standard InChI is InChI=1S/C23H22O6/c1-26-19-10-6-14(12-21(19)27-2)7-11-22(24)28-15-8-9-17-16-4-3-5-18(16)23(25)29-20(17)13-15/h6,8-10,12-13H,3-5,7,11H2,1-2H3. The van der Waals surface area contributed by atoms with E-state index in [1.165, 1.54) is 0 Å². The van der Waals surface area contributed by atoms with Gasteiger partial charge in [0.2, 0.25) is 0 Å². The third-order valence-electron chi connectivity index (χ3n) is 5.24. The van der Waals surface area contributed by atoms with Crippen molar-refractivity contribution in [3.63, 3.8) is 0 Å². The van der Waals surface area contributed by atoms with Gasteiger partial charge in [0, 0.05) is 23.4 Å². The fourth-order valence-electron chi connectivity index (χ4n) is 3.79. The van der Waals surface area contributed by atoms with Gasteiger partial charge in [0.15, 0.2) is 11.5 Å². The van der Waals surface area contributed by atoms with Gasteiger partial charge in [0.1, 0.15) is 11.3 Å². The van der Waals surface area contributed by atoms with Gasteiger partial charge >= 0.3 is 11.6 Å². The lowest BCUT2D eigenvalue weighted by Crippen LogP contribution is -2.10. The molecule has 6 heteroatoms. The second kappa shape index (κ2) is 7.99. The van der Waals surface area contributed by atoms with E-state index in [1.54, 1.807) is 26.4 Å². The van der Waals surface area contributed by atoms with Crippen molar-refractivity contribution < 1.29 is 23.4 Å². The van der Waals surface area contributed by atoms with Crippen LogP contribution in [0.1, 0.15) is 29.5 Å². The maximum Gasteiger partial charge on any atom is 0.339 e. The summed E-state index contributed by atoms with van der Waals surface area (Å²) in [6.45, 7) is 0. The highest BCUT2D eigenvalue weighted by Crippen LogP contribution is 2.30. The monoisotopic (exact) mass is 394 g/mol. The SMILES string of the molecule is COc1ccc(CCC(=O)Oc2ccc3c4c(c(=O)oc3c2)CCC4)cc1OC. The third kappa shape index (κ3) is 3.83. The molecule has 0 amide bonds. The lowest BCUT2D eigenvalue weighted by atomic mass is 10.1. The van der Waals surface area contributed by atoms with E-state index in [0.29, 0.717) is 29.3 Å². The average molecular weight is 394 g/mol. The first-order chi connectivity index (χ1) is 14.1. The normalized spacial score (nSPS) is 12.6. The Bertz CT molecular complexity index is 1130. The molecule has 1 aliphatic carbocycles. The molecule has 0 saturated heterocycles. The summed E-state index contributed by atoms with van der Waals surface area (Å²) in [4.78, 5) is 24.4. The Morgan fingerprint density at radius 3 is 2.59 bits per heavy atom. The van der Waals surface area contributed by atoms with Crippen LogP contribution in [0.3, 0.4) is 0 Å². The number of rotatable bonds is 6. The fourth-order valence-corrected chi connectivity index (χ4v) is 3.79. The first-order valence-electron chi connectivity index (χ1n) is 9.59. The Morgan fingerprint density at radius 2 is 1.79 bits per heavy atom. The lowest BCUT2D eigenvalue weighted by molar-refractivity contribution is -0.134. The smallest absolute Gasteiger partial charge is 0.339 e. The second-order valence-electron chi connectivity index (χ2n) is 7.02. The molecule has 0 radical (unpaired) electrons. The molecule has 150 valence electrons. The number of aryl methyl sites for hydroxylation is 2. The van der Waals surface area contributed by atoms with Crippen LogP contribution in [0.25, 0.3) is 11.0 Å². The Labute approximate surface area is 168 Å². The van der Waals surface area contributed by atoms with E-state index in [-0.39, 0.29) is 18.0 Å². The third-order valence-corrected chi connectivity index (χ3v) is 5.24. The maximum absolute atomic E-state index is 12.3. The highest BCUT2D eigenvalue weighted by Gasteiger charge is 2.20. The number of carbonyl (C=O) groups is 1. The van der Waals surface area contributed by atoms with E-state index < -0.39 is 0 Å². The molecule has 2 aromatic carbocycles. The molecular weight excluding hydrogens is 372 g/mol. The summed E-state index contributed by atoms with van der Waals surface area (Å²) < 4.78 is 21.4. The van der Waals surface area contributed by atoms with Gasteiger partial charge in [-0.15, -0.1) is 0 Å². The molecule has 29 heavy (non-hydrogen) atoms. The van der Waals surface area contributed by atoms with Crippen molar-refractivity contribution >= 4 is 16.9 Å². The Kier molecular flexibility index (Phi) is 5.25. The van der Waals surface area contributed by atoms with Crippen molar-refractivity contribution in [3.05, 3.63) is 63.5 Å². The molecule has 0 atom stereocenters. The largest absolute Gasteiger partial charge is 0.493 e. The van der Waals surface area contributed by atoms with Gasteiger partial charge in [-0.1, -0.05) is 6.07 Å². The summed E-state index contributed by atoms with van der Waals surface area (Å²) in [6, 6.07) is 10.8. The molecule has 4 rings (SSSR count). The topological polar surface area (TPSA) is 75.0 Å². The molecule has 6 nitrogen and oxygen atoms in total. The fraction of sp³-hybridized carbons (Fsp3) is 0.304.